The summed E-state index contributed by atoms with van der Waals surface area (Å²) in [4.78, 5) is 42.3. The molecule has 0 unspecified atom stereocenters. The van der Waals surface area contributed by atoms with E-state index in [1.165, 1.54) is 10.4 Å². The van der Waals surface area contributed by atoms with E-state index in [0.717, 1.165) is 5.56 Å². The molecule has 0 radical (unpaired) electrons. The van der Waals surface area contributed by atoms with Crippen LogP contribution in [0.5, 0.6) is 0 Å². The lowest BCUT2D eigenvalue weighted by atomic mass is 9.79. The van der Waals surface area contributed by atoms with Crippen LogP contribution in [-0.4, -0.2) is 61.3 Å². The van der Waals surface area contributed by atoms with Crippen molar-refractivity contribution in [3.63, 3.8) is 0 Å². The fourth-order valence-corrected chi connectivity index (χ4v) is 5.38. The molecule has 3 amide bonds. The molecular weight excluding hydrogens is 398 g/mol. The Bertz CT molecular complexity index is 941. The maximum absolute atomic E-state index is 13.0. The highest BCUT2D eigenvalue weighted by Crippen LogP contribution is 2.36. The summed E-state index contributed by atoms with van der Waals surface area (Å²) in [6.45, 7) is 1.41. The zero-order chi connectivity index (χ0) is 21.3. The molecule has 0 bridgehead atoms. The van der Waals surface area contributed by atoms with E-state index in [4.69, 9.17) is 0 Å². The maximum atomic E-state index is 13.0. The molecule has 1 aromatic heterocycles. The number of likely N-dealkylation sites (tertiary alicyclic amines) is 2. The third-order valence-electron chi connectivity index (χ3n) is 6.37. The average molecular weight is 426 g/mol. The molecule has 1 aromatic carbocycles. The molecule has 7 heteroatoms. The summed E-state index contributed by atoms with van der Waals surface area (Å²) in [5.41, 5.74) is 1.62. The summed E-state index contributed by atoms with van der Waals surface area (Å²) in [7, 11) is 3.38. The van der Waals surface area contributed by atoms with Crippen LogP contribution in [0.15, 0.2) is 41.8 Å². The number of amides is 3. The highest BCUT2D eigenvalue weighted by Gasteiger charge is 2.47. The number of nitrogens with one attached hydrogen (secondary N) is 1. The minimum absolute atomic E-state index is 0.00785. The van der Waals surface area contributed by atoms with Gasteiger partial charge in [-0.05, 0) is 35.4 Å². The van der Waals surface area contributed by atoms with E-state index >= 15 is 0 Å². The fourth-order valence-electron chi connectivity index (χ4n) is 4.64. The quantitative estimate of drug-likeness (QED) is 0.800. The van der Waals surface area contributed by atoms with Gasteiger partial charge in [0.15, 0.2) is 0 Å². The van der Waals surface area contributed by atoms with E-state index < -0.39 is 5.41 Å². The maximum Gasteiger partial charge on any atom is 0.228 e. The van der Waals surface area contributed by atoms with Gasteiger partial charge in [-0.15, -0.1) is 11.3 Å². The Morgan fingerprint density at radius 1 is 1.23 bits per heavy atom. The number of hydrogen-bond acceptors (Lipinski definition) is 4. The number of thiophene rings is 1. The average Bonchev–Trinajstić information content (AvgIpc) is 3.49. The van der Waals surface area contributed by atoms with Gasteiger partial charge in [-0.25, -0.2) is 0 Å². The second-order valence-electron chi connectivity index (χ2n) is 8.40. The Morgan fingerprint density at radius 2 is 2.00 bits per heavy atom. The third kappa shape index (κ3) is 3.86. The lowest BCUT2D eigenvalue weighted by Crippen LogP contribution is -2.45. The van der Waals surface area contributed by atoms with Gasteiger partial charge in [-0.2, -0.15) is 0 Å². The number of rotatable bonds is 5. The van der Waals surface area contributed by atoms with Gasteiger partial charge >= 0.3 is 0 Å². The van der Waals surface area contributed by atoms with Gasteiger partial charge in [-0.1, -0.05) is 30.3 Å². The normalized spacial score (nSPS) is 23.8. The van der Waals surface area contributed by atoms with E-state index in [-0.39, 0.29) is 30.1 Å². The zero-order valence-electron chi connectivity index (χ0n) is 17.4. The first kappa shape index (κ1) is 20.6. The third-order valence-corrected chi connectivity index (χ3v) is 7.29. The Kier molecular flexibility index (Phi) is 5.64. The molecule has 2 atom stereocenters. The van der Waals surface area contributed by atoms with Gasteiger partial charge in [0.1, 0.15) is 0 Å². The van der Waals surface area contributed by atoms with E-state index in [9.17, 15) is 14.4 Å². The van der Waals surface area contributed by atoms with Crippen molar-refractivity contribution in [2.24, 2.45) is 11.3 Å². The fraction of sp³-hybridized carbons (Fsp3) is 0.435. The van der Waals surface area contributed by atoms with Crippen molar-refractivity contribution < 1.29 is 14.4 Å². The number of carbonyl (C=O) groups is 3. The molecule has 158 valence electrons. The highest BCUT2D eigenvalue weighted by atomic mass is 32.1. The van der Waals surface area contributed by atoms with Gasteiger partial charge in [0, 0.05) is 45.0 Å². The Balaban J connectivity index is 1.49. The molecule has 2 aromatic rings. The Morgan fingerprint density at radius 3 is 2.60 bits per heavy atom. The van der Waals surface area contributed by atoms with E-state index in [1.54, 1.807) is 35.2 Å². The molecule has 30 heavy (non-hydrogen) atoms. The summed E-state index contributed by atoms with van der Waals surface area (Å²) in [6, 6.07) is 12.5. The van der Waals surface area contributed by atoms with Crippen LogP contribution in [0.4, 0.5) is 0 Å². The first-order chi connectivity index (χ1) is 14.4. The number of benzene rings is 1. The first-order valence-corrected chi connectivity index (χ1v) is 11.2. The molecule has 0 spiro atoms. The first-order valence-electron chi connectivity index (χ1n) is 10.3. The molecule has 2 fully saturated rings. The van der Waals surface area contributed by atoms with Crippen molar-refractivity contribution in [3.8, 4) is 10.4 Å². The second-order valence-corrected chi connectivity index (χ2v) is 9.34. The van der Waals surface area contributed by atoms with Crippen LogP contribution in [0.3, 0.4) is 0 Å². The van der Waals surface area contributed by atoms with Crippen molar-refractivity contribution in [2.75, 3.05) is 33.7 Å². The largest absolute Gasteiger partial charge is 0.359 e. The predicted molar refractivity (Wildman–Crippen MR) is 117 cm³/mol. The molecule has 2 aliphatic heterocycles. The van der Waals surface area contributed by atoms with Gasteiger partial charge in [0.2, 0.25) is 17.7 Å². The topological polar surface area (TPSA) is 69.7 Å². The van der Waals surface area contributed by atoms with E-state index in [2.05, 4.69) is 41.0 Å². The smallest absolute Gasteiger partial charge is 0.228 e. The van der Waals surface area contributed by atoms with Crippen LogP contribution in [0, 0.1) is 11.3 Å². The summed E-state index contributed by atoms with van der Waals surface area (Å²) in [5.74, 6) is -0.324. The predicted octanol–water partition coefficient (Wildman–Crippen LogP) is 2.40. The lowest BCUT2D eigenvalue weighted by Gasteiger charge is -2.28. The molecule has 2 aliphatic rings. The molecule has 0 aliphatic carbocycles. The standard InChI is InChI=1S/C23H27N3O3S/c1-24-22(29)23(13-16-5-7-17(8-6-16)19-4-3-11-30-19)9-10-26(15-23)21(28)18-12-20(27)25(2)14-18/h3-8,11,18H,9-10,12-15H2,1-2H3,(H,24,29)/t18-,23+/m0/s1. The molecule has 4 rings (SSSR count). The molecular formula is C23H27N3O3S. The van der Waals surface area contributed by atoms with E-state index in [1.807, 2.05) is 6.07 Å². The van der Waals surface area contributed by atoms with Crippen molar-refractivity contribution >= 4 is 29.1 Å². The van der Waals surface area contributed by atoms with Crippen LogP contribution >= 0.6 is 11.3 Å². The molecule has 2 saturated heterocycles. The molecule has 3 heterocycles. The minimum Gasteiger partial charge on any atom is -0.359 e. The lowest BCUT2D eigenvalue weighted by molar-refractivity contribution is -0.136. The summed E-state index contributed by atoms with van der Waals surface area (Å²) in [5, 5.41) is 4.87. The summed E-state index contributed by atoms with van der Waals surface area (Å²) in [6.07, 6.45) is 1.48. The monoisotopic (exact) mass is 425 g/mol. The van der Waals surface area contributed by atoms with E-state index in [0.29, 0.717) is 32.5 Å². The zero-order valence-corrected chi connectivity index (χ0v) is 18.2. The number of carbonyl (C=O) groups excluding carboxylic acids is 3. The van der Waals surface area contributed by atoms with Crippen molar-refractivity contribution in [1.82, 2.24) is 15.1 Å². The van der Waals surface area contributed by atoms with Gasteiger partial charge in [0.25, 0.3) is 0 Å². The summed E-state index contributed by atoms with van der Waals surface area (Å²) < 4.78 is 0. The Hall–Kier alpha value is -2.67. The minimum atomic E-state index is -0.636. The molecule has 1 N–H and O–H groups in total. The van der Waals surface area contributed by atoms with Gasteiger partial charge in [0.05, 0.1) is 11.3 Å². The number of nitrogens with zero attached hydrogens (tertiary/aromatic N) is 2. The van der Waals surface area contributed by atoms with Crippen LogP contribution in [-0.2, 0) is 20.8 Å². The van der Waals surface area contributed by atoms with Gasteiger partial charge < -0.3 is 15.1 Å². The Labute approximate surface area is 180 Å². The van der Waals surface area contributed by atoms with Crippen molar-refractivity contribution in [1.29, 1.82) is 0 Å². The highest BCUT2D eigenvalue weighted by molar-refractivity contribution is 7.13. The van der Waals surface area contributed by atoms with Crippen LogP contribution in [0.25, 0.3) is 10.4 Å². The second kappa shape index (κ2) is 8.22. The molecule has 0 saturated carbocycles. The SMILES string of the molecule is CNC(=O)[C@@]1(Cc2ccc(-c3cccs3)cc2)CCN(C(=O)[C@H]2CC(=O)N(C)C2)C1. The van der Waals surface area contributed by atoms with Gasteiger partial charge in [-0.3, -0.25) is 14.4 Å². The van der Waals surface area contributed by atoms with Crippen LogP contribution < -0.4 is 5.32 Å². The number of hydrogen-bond donors (Lipinski definition) is 1. The van der Waals surface area contributed by atoms with Crippen LogP contribution in [0.1, 0.15) is 18.4 Å². The molecule has 6 nitrogen and oxygen atoms in total. The van der Waals surface area contributed by atoms with Crippen LogP contribution in [0.2, 0.25) is 0 Å². The van der Waals surface area contributed by atoms with Crippen molar-refractivity contribution in [3.05, 3.63) is 47.3 Å². The summed E-state index contributed by atoms with van der Waals surface area (Å²) >= 11 is 1.70. The van der Waals surface area contributed by atoms with Crippen molar-refractivity contribution in [2.45, 2.75) is 19.3 Å².